The predicted octanol–water partition coefficient (Wildman–Crippen LogP) is 2.33. The van der Waals surface area contributed by atoms with Gasteiger partial charge >= 0.3 is 5.97 Å². The van der Waals surface area contributed by atoms with E-state index in [4.69, 9.17) is 0 Å². The highest BCUT2D eigenvalue weighted by atomic mass is 32.2. The van der Waals surface area contributed by atoms with Gasteiger partial charge in [-0.05, 0) is 17.7 Å². The highest BCUT2D eigenvalue weighted by molar-refractivity contribution is 7.92. The van der Waals surface area contributed by atoms with E-state index in [0.29, 0.717) is 0 Å². The van der Waals surface area contributed by atoms with Gasteiger partial charge in [-0.25, -0.2) is 8.42 Å². The van der Waals surface area contributed by atoms with E-state index in [0.717, 1.165) is 5.56 Å². The number of carbonyl (C=O) groups is 1. The minimum Gasteiger partial charge on any atom is -0.481 e. The summed E-state index contributed by atoms with van der Waals surface area (Å²) in [6.45, 7) is 0. The summed E-state index contributed by atoms with van der Waals surface area (Å²) < 4.78 is 25.3. The molecule has 0 unspecified atom stereocenters. The SMILES string of the molecule is O=C(O)[C@@H]1[C@@H](c2ccccc2)[C@@H]1S(=O)(=O)c1ccccc1. The van der Waals surface area contributed by atoms with Crippen LogP contribution in [0.3, 0.4) is 0 Å². The first kappa shape index (κ1) is 13.8. The van der Waals surface area contributed by atoms with Crippen LogP contribution in [0.5, 0.6) is 0 Å². The second-order valence-electron chi connectivity index (χ2n) is 5.12. The molecule has 1 aliphatic carbocycles. The van der Waals surface area contributed by atoms with Crippen molar-refractivity contribution in [1.29, 1.82) is 0 Å². The molecule has 0 amide bonds. The Labute approximate surface area is 123 Å². The third-order valence-corrected chi connectivity index (χ3v) is 6.09. The highest BCUT2D eigenvalue weighted by Gasteiger charge is 2.62. The summed E-state index contributed by atoms with van der Waals surface area (Å²) in [6, 6.07) is 17.0. The molecule has 21 heavy (non-hydrogen) atoms. The number of rotatable bonds is 4. The van der Waals surface area contributed by atoms with Gasteiger partial charge in [0.15, 0.2) is 9.84 Å². The van der Waals surface area contributed by atoms with E-state index >= 15 is 0 Å². The molecule has 0 aromatic heterocycles. The van der Waals surface area contributed by atoms with Gasteiger partial charge in [0.2, 0.25) is 0 Å². The summed E-state index contributed by atoms with van der Waals surface area (Å²) in [6.07, 6.45) is 0. The number of aliphatic carboxylic acids is 1. The minimum atomic E-state index is -3.64. The molecule has 0 spiro atoms. The lowest BCUT2D eigenvalue weighted by atomic mass is 10.1. The van der Waals surface area contributed by atoms with Crippen LogP contribution in [0.15, 0.2) is 65.6 Å². The van der Waals surface area contributed by atoms with Crippen molar-refractivity contribution in [1.82, 2.24) is 0 Å². The van der Waals surface area contributed by atoms with Crippen LogP contribution in [-0.2, 0) is 14.6 Å². The molecular weight excluding hydrogens is 288 g/mol. The summed E-state index contributed by atoms with van der Waals surface area (Å²) in [5, 5.41) is 8.41. The zero-order valence-electron chi connectivity index (χ0n) is 11.1. The van der Waals surface area contributed by atoms with Gasteiger partial charge in [0, 0.05) is 5.92 Å². The number of carboxylic acids is 1. The maximum absolute atomic E-state index is 12.6. The van der Waals surface area contributed by atoms with Crippen molar-refractivity contribution in [3.63, 3.8) is 0 Å². The smallest absolute Gasteiger partial charge is 0.308 e. The maximum Gasteiger partial charge on any atom is 0.308 e. The maximum atomic E-state index is 12.6. The lowest BCUT2D eigenvalue weighted by Crippen LogP contribution is -2.13. The zero-order valence-corrected chi connectivity index (χ0v) is 11.9. The number of hydrogen-bond donors (Lipinski definition) is 1. The Morgan fingerprint density at radius 2 is 1.43 bits per heavy atom. The van der Waals surface area contributed by atoms with Crippen molar-refractivity contribution in [2.24, 2.45) is 5.92 Å². The van der Waals surface area contributed by atoms with E-state index in [9.17, 15) is 18.3 Å². The van der Waals surface area contributed by atoms with Gasteiger partial charge in [-0.3, -0.25) is 4.79 Å². The molecule has 0 heterocycles. The van der Waals surface area contributed by atoms with Gasteiger partial charge in [0.05, 0.1) is 16.1 Å². The van der Waals surface area contributed by atoms with Crippen LogP contribution in [0.4, 0.5) is 0 Å². The number of carboxylic acid groups (broad SMARTS) is 1. The Balaban J connectivity index is 2.00. The fourth-order valence-corrected chi connectivity index (χ4v) is 4.95. The highest BCUT2D eigenvalue weighted by Crippen LogP contribution is 2.54. The van der Waals surface area contributed by atoms with Gasteiger partial charge in [0.25, 0.3) is 0 Å². The molecule has 0 bridgehead atoms. The quantitative estimate of drug-likeness (QED) is 0.941. The van der Waals surface area contributed by atoms with Crippen LogP contribution in [0, 0.1) is 5.92 Å². The molecule has 108 valence electrons. The first-order valence-electron chi connectivity index (χ1n) is 6.60. The summed E-state index contributed by atoms with van der Waals surface area (Å²) >= 11 is 0. The molecule has 0 saturated heterocycles. The number of benzene rings is 2. The fourth-order valence-electron chi connectivity index (χ4n) is 2.80. The molecule has 1 N–H and O–H groups in total. The third-order valence-electron chi connectivity index (χ3n) is 3.85. The second kappa shape index (κ2) is 5.00. The lowest BCUT2D eigenvalue weighted by molar-refractivity contribution is -0.138. The van der Waals surface area contributed by atoms with Gasteiger partial charge < -0.3 is 5.11 Å². The zero-order chi connectivity index (χ0) is 15.0. The Morgan fingerprint density at radius 3 is 1.95 bits per heavy atom. The van der Waals surface area contributed by atoms with Gasteiger partial charge in [-0.1, -0.05) is 48.5 Å². The van der Waals surface area contributed by atoms with E-state index in [1.807, 2.05) is 6.07 Å². The van der Waals surface area contributed by atoms with Crippen molar-refractivity contribution in [2.75, 3.05) is 0 Å². The van der Waals surface area contributed by atoms with Gasteiger partial charge in [-0.2, -0.15) is 0 Å². The topological polar surface area (TPSA) is 71.4 Å². The van der Waals surface area contributed by atoms with Crippen LogP contribution in [0.1, 0.15) is 11.5 Å². The first-order chi connectivity index (χ1) is 10.0. The Kier molecular flexibility index (Phi) is 3.29. The van der Waals surface area contributed by atoms with Gasteiger partial charge in [0.1, 0.15) is 0 Å². The predicted molar refractivity (Wildman–Crippen MR) is 77.7 cm³/mol. The minimum absolute atomic E-state index is 0.180. The summed E-state index contributed by atoms with van der Waals surface area (Å²) in [7, 11) is -3.64. The van der Waals surface area contributed by atoms with E-state index in [1.54, 1.807) is 42.5 Å². The normalized spacial score (nSPS) is 24.5. The van der Waals surface area contributed by atoms with Crippen molar-refractivity contribution < 1.29 is 18.3 Å². The third kappa shape index (κ3) is 2.34. The van der Waals surface area contributed by atoms with Crippen molar-refractivity contribution in [2.45, 2.75) is 16.1 Å². The summed E-state index contributed by atoms with van der Waals surface area (Å²) in [5.74, 6) is -2.42. The first-order valence-corrected chi connectivity index (χ1v) is 8.15. The van der Waals surface area contributed by atoms with Gasteiger partial charge in [-0.15, -0.1) is 0 Å². The molecule has 3 atom stereocenters. The molecule has 5 heteroatoms. The summed E-state index contributed by atoms with van der Waals surface area (Å²) in [4.78, 5) is 11.5. The number of hydrogen-bond acceptors (Lipinski definition) is 3. The largest absolute Gasteiger partial charge is 0.481 e. The molecule has 2 aromatic carbocycles. The van der Waals surface area contributed by atoms with Crippen LogP contribution in [-0.4, -0.2) is 24.7 Å². The van der Waals surface area contributed by atoms with Crippen molar-refractivity contribution >= 4 is 15.8 Å². The Hall–Kier alpha value is -2.14. The van der Waals surface area contributed by atoms with E-state index in [1.165, 1.54) is 12.1 Å². The molecule has 0 aliphatic heterocycles. The van der Waals surface area contributed by atoms with Crippen LogP contribution >= 0.6 is 0 Å². The average molecular weight is 302 g/mol. The second-order valence-corrected chi connectivity index (χ2v) is 7.23. The fraction of sp³-hybridized carbons (Fsp3) is 0.188. The van der Waals surface area contributed by atoms with E-state index < -0.39 is 32.9 Å². The molecule has 3 rings (SSSR count). The van der Waals surface area contributed by atoms with Crippen LogP contribution in [0.2, 0.25) is 0 Å². The number of sulfone groups is 1. The van der Waals surface area contributed by atoms with Crippen molar-refractivity contribution in [3.8, 4) is 0 Å². The van der Waals surface area contributed by atoms with Crippen molar-refractivity contribution in [3.05, 3.63) is 66.2 Å². The van der Waals surface area contributed by atoms with Crippen LogP contribution < -0.4 is 0 Å². The Morgan fingerprint density at radius 1 is 0.905 bits per heavy atom. The molecule has 1 aliphatic rings. The van der Waals surface area contributed by atoms with Crippen LogP contribution in [0.25, 0.3) is 0 Å². The molecular formula is C16H14O4S. The molecule has 1 fully saturated rings. The molecule has 2 aromatic rings. The standard InChI is InChI=1S/C16H14O4S/c17-16(18)14-13(11-7-3-1-4-8-11)15(14)21(19,20)12-9-5-2-6-10-12/h1-10,13-15H,(H,17,18)/t13-,14-,15+/m1/s1. The Bertz CT molecular complexity index is 753. The average Bonchev–Trinajstić information content (AvgIpc) is 3.26. The monoisotopic (exact) mass is 302 g/mol. The summed E-state index contributed by atoms with van der Waals surface area (Å²) in [5.41, 5.74) is 0.759. The molecule has 0 radical (unpaired) electrons. The molecule has 1 saturated carbocycles. The lowest BCUT2D eigenvalue weighted by Gasteiger charge is -2.03. The van der Waals surface area contributed by atoms with E-state index in [2.05, 4.69) is 0 Å². The molecule has 4 nitrogen and oxygen atoms in total. The van der Waals surface area contributed by atoms with E-state index in [-0.39, 0.29) is 4.90 Å².